The molecule has 0 unspecified atom stereocenters. The summed E-state index contributed by atoms with van der Waals surface area (Å²) >= 11 is 0. The lowest BCUT2D eigenvalue weighted by Crippen LogP contribution is -2.16. The van der Waals surface area contributed by atoms with Gasteiger partial charge in [-0.1, -0.05) is 0 Å². The van der Waals surface area contributed by atoms with E-state index in [1.807, 2.05) is 0 Å². The highest BCUT2D eigenvalue weighted by Crippen LogP contribution is 2.19. The third kappa shape index (κ3) is 2.38. The first-order valence-corrected chi connectivity index (χ1v) is 6.27. The summed E-state index contributed by atoms with van der Waals surface area (Å²) in [6.45, 7) is 3.59. The molecule has 2 heterocycles. The number of rotatable bonds is 2. The molecule has 0 aliphatic rings. The monoisotopic (exact) mass is 283 g/mol. The molecule has 3 aromatic rings. The van der Waals surface area contributed by atoms with Crippen molar-refractivity contribution in [1.29, 1.82) is 0 Å². The topological polar surface area (TPSA) is 122 Å². The summed E-state index contributed by atoms with van der Waals surface area (Å²) < 4.78 is 0. The van der Waals surface area contributed by atoms with Crippen molar-refractivity contribution in [3.8, 4) is 0 Å². The molecule has 0 atom stereocenters. The normalized spacial score (nSPS) is 10.8. The fourth-order valence-electron chi connectivity index (χ4n) is 1.88. The first-order chi connectivity index (χ1) is 10.0. The van der Waals surface area contributed by atoms with Crippen molar-refractivity contribution >= 4 is 28.4 Å². The van der Waals surface area contributed by atoms with Gasteiger partial charge in [0.25, 0.3) is 5.91 Å². The predicted molar refractivity (Wildman–Crippen MR) is 77.8 cm³/mol. The fourth-order valence-corrected chi connectivity index (χ4v) is 1.88. The summed E-state index contributed by atoms with van der Waals surface area (Å²) in [4.78, 5) is 16.4. The lowest BCUT2D eigenvalue weighted by Gasteiger charge is -2.03. The number of amides is 1. The molecule has 21 heavy (non-hydrogen) atoms. The standard InChI is InChI=1S/C13H13N7O/c1-6-7(2)17-20-13(15-6)16-12(21)11-9-5-8(14)3-4-10(9)18-19-11/h3-5H,14H2,1-2H3,(H,18,19)(H,15,16,20,21). The number of nitrogens with one attached hydrogen (secondary N) is 2. The minimum atomic E-state index is -0.420. The number of hydrogen-bond acceptors (Lipinski definition) is 6. The Morgan fingerprint density at radius 2 is 2.05 bits per heavy atom. The van der Waals surface area contributed by atoms with E-state index in [0.717, 1.165) is 5.52 Å². The van der Waals surface area contributed by atoms with Crippen LogP contribution in [0.4, 0.5) is 11.6 Å². The summed E-state index contributed by atoms with van der Waals surface area (Å²) in [6.07, 6.45) is 0. The number of carbonyl (C=O) groups excluding carboxylic acids is 1. The number of benzene rings is 1. The van der Waals surface area contributed by atoms with Crippen LogP contribution in [-0.4, -0.2) is 31.3 Å². The Kier molecular flexibility index (Phi) is 2.98. The van der Waals surface area contributed by atoms with E-state index in [4.69, 9.17) is 5.73 Å². The molecule has 0 bridgehead atoms. The van der Waals surface area contributed by atoms with E-state index >= 15 is 0 Å². The number of anilines is 2. The van der Waals surface area contributed by atoms with Crippen molar-refractivity contribution in [1.82, 2.24) is 25.4 Å². The number of aromatic amines is 1. The highest BCUT2D eigenvalue weighted by molar-refractivity contribution is 6.10. The number of nitrogens with zero attached hydrogens (tertiary/aromatic N) is 4. The largest absolute Gasteiger partial charge is 0.399 e. The molecule has 2 aromatic heterocycles. The Morgan fingerprint density at radius 1 is 1.24 bits per heavy atom. The molecule has 3 rings (SSSR count). The average molecular weight is 283 g/mol. The van der Waals surface area contributed by atoms with Gasteiger partial charge in [0.15, 0.2) is 5.69 Å². The minimum Gasteiger partial charge on any atom is -0.399 e. The van der Waals surface area contributed by atoms with E-state index in [-0.39, 0.29) is 11.6 Å². The molecule has 0 saturated heterocycles. The van der Waals surface area contributed by atoms with Crippen LogP contribution in [0.15, 0.2) is 18.2 Å². The summed E-state index contributed by atoms with van der Waals surface area (Å²) in [7, 11) is 0. The van der Waals surface area contributed by atoms with Gasteiger partial charge in [0.05, 0.1) is 16.9 Å². The van der Waals surface area contributed by atoms with Gasteiger partial charge in [-0.2, -0.15) is 10.2 Å². The van der Waals surface area contributed by atoms with Gasteiger partial charge in [0.1, 0.15) is 0 Å². The number of nitrogen functional groups attached to an aromatic ring is 1. The molecule has 8 heteroatoms. The van der Waals surface area contributed by atoms with Crippen molar-refractivity contribution in [2.24, 2.45) is 0 Å². The third-order valence-electron chi connectivity index (χ3n) is 3.12. The highest BCUT2D eigenvalue weighted by atomic mass is 16.2. The number of H-pyrrole nitrogens is 1. The van der Waals surface area contributed by atoms with Gasteiger partial charge in [-0.15, -0.1) is 5.10 Å². The van der Waals surface area contributed by atoms with Crippen LogP contribution in [0.5, 0.6) is 0 Å². The Balaban J connectivity index is 1.93. The van der Waals surface area contributed by atoms with Gasteiger partial charge in [-0.25, -0.2) is 4.98 Å². The fraction of sp³-hybridized carbons (Fsp3) is 0.154. The van der Waals surface area contributed by atoms with E-state index in [2.05, 4.69) is 30.7 Å². The van der Waals surface area contributed by atoms with Gasteiger partial charge in [0, 0.05) is 11.1 Å². The average Bonchev–Trinajstić information content (AvgIpc) is 2.86. The Morgan fingerprint density at radius 3 is 2.81 bits per heavy atom. The second-order valence-electron chi connectivity index (χ2n) is 4.64. The zero-order chi connectivity index (χ0) is 15.0. The Bertz CT molecular complexity index is 840. The maximum Gasteiger partial charge on any atom is 0.279 e. The van der Waals surface area contributed by atoms with Gasteiger partial charge in [-0.05, 0) is 32.0 Å². The van der Waals surface area contributed by atoms with Crippen LogP contribution >= 0.6 is 0 Å². The van der Waals surface area contributed by atoms with E-state index in [9.17, 15) is 4.79 Å². The first-order valence-electron chi connectivity index (χ1n) is 6.27. The van der Waals surface area contributed by atoms with Crippen molar-refractivity contribution in [3.63, 3.8) is 0 Å². The van der Waals surface area contributed by atoms with Gasteiger partial charge in [0.2, 0.25) is 5.95 Å². The minimum absolute atomic E-state index is 0.142. The van der Waals surface area contributed by atoms with E-state index < -0.39 is 5.91 Å². The second-order valence-corrected chi connectivity index (χ2v) is 4.64. The molecule has 8 nitrogen and oxygen atoms in total. The van der Waals surface area contributed by atoms with E-state index in [1.165, 1.54) is 0 Å². The van der Waals surface area contributed by atoms with Crippen molar-refractivity contribution in [2.75, 3.05) is 11.1 Å². The molecule has 0 spiro atoms. The quantitative estimate of drug-likeness (QED) is 0.607. The number of nitrogens with two attached hydrogens (primary N) is 1. The molecule has 106 valence electrons. The number of hydrogen-bond donors (Lipinski definition) is 3. The molecule has 4 N–H and O–H groups in total. The maximum atomic E-state index is 12.3. The van der Waals surface area contributed by atoms with Crippen LogP contribution in [0, 0.1) is 13.8 Å². The summed E-state index contributed by atoms with van der Waals surface area (Å²) in [5.41, 5.74) is 8.67. The molecule has 0 aliphatic heterocycles. The van der Waals surface area contributed by atoms with E-state index in [1.54, 1.807) is 32.0 Å². The molecule has 0 aliphatic carbocycles. The number of fused-ring (bicyclic) bond motifs is 1. The Hall–Kier alpha value is -3.03. The van der Waals surface area contributed by atoms with Crippen molar-refractivity contribution in [3.05, 3.63) is 35.3 Å². The summed E-state index contributed by atoms with van der Waals surface area (Å²) in [5.74, 6) is -0.278. The Labute approximate surface area is 119 Å². The van der Waals surface area contributed by atoms with Crippen molar-refractivity contribution < 1.29 is 4.79 Å². The van der Waals surface area contributed by atoms with Gasteiger partial charge < -0.3 is 5.73 Å². The summed E-state index contributed by atoms with van der Waals surface area (Å²) in [5, 5.41) is 17.7. The van der Waals surface area contributed by atoms with E-state index in [0.29, 0.717) is 22.5 Å². The predicted octanol–water partition coefficient (Wildman–Crippen LogP) is 1.20. The lowest BCUT2D eigenvalue weighted by atomic mass is 10.2. The van der Waals surface area contributed by atoms with Crippen molar-refractivity contribution in [2.45, 2.75) is 13.8 Å². The molecule has 1 amide bonds. The smallest absolute Gasteiger partial charge is 0.279 e. The van der Waals surface area contributed by atoms with Crippen LogP contribution in [0.1, 0.15) is 21.9 Å². The van der Waals surface area contributed by atoms with Crippen LogP contribution in [0.3, 0.4) is 0 Å². The zero-order valence-electron chi connectivity index (χ0n) is 11.5. The van der Waals surface area contributed by atoms with Crippen LogP contribution < -0.4 is 11.1 Å². The first kappa shape index (κ1) is 13.0. The third-order valence-corrected chi connectivity index (χ3v) is 3.12. The van der Waals surface area contributed by atoms with Gasteiger partial charge in [-0.3, -0.25) is 15.2 Å². The van der Waals surface area contributed by atoms with Crippen LogP contribution in [-0.2, 0) is 0 Å². The van der Waals surface area contributed by atoms with Crippen LogP contribution in [0.25, 0.3) is 10.9 Å². The highest BCUT2D eigenvalue weighted by Gasteiger charge is 2.16. The van der Waals surface area contributed by atoms with Crippen LogP contribution in [0.2, 0.25) is 0 Å². The zero-order valence-corrected chi connectivity index (χ0v) is 11.5. The number of aryl methyl sites for hydroxylation is 2. The molecule has 0 fully saturated rings. The summed E-state index contributed by atoms with van der Waals surface area (Å²) in [6, 6.07) is 5.19. The molecular formula is C13H13N7O. The lowest BCUT2D eigenvalue weighted by molar-refractivity contribution is 0.102. The molecule has 0 saturated carbocycles. The number of aromatic nitrogens is 5. The second kappa shape index (κ2) is 4.82. The number of carbonyl (C=O) groups is 1. The maximum absolute atomic E-state index is 12.3. The SMILES string of the molecule is Cc1nnc(NC(=O)c2n[nH]c3ccc(N)cc23)nc1C. The molecule has 1 aromatic carbocycles. The molecular weight excluding hydrogens is 270 g/mol. The van der Waals surface area contributed by atoms with Gasteiger partial charge >= 0.3 is 0 Å². The molecule has 0 radical (unpaired) electrons.